The fraction of sp³-hybridized carbons (Fsp3) is 0.0909. The molecule has 0 atom stereocenters. The summed E-state index contributed by atoms with van der Waals surface area (Å²) in [6, 6.07) is 5.22. The number of Topliss-reactive ketones (excluding diaryl/α,β-unsaturated/α-hetero) is 1. The van der Waals surface area contributed by atoms with E-state index in [1.807, 2.05) is 0 Å². The predicted octanol–water partition coefficient (Wildman–Crippen LogP) is 3.98. The molecule has 0 aliphatic heterocycles. The lowest BCUT2D eigenvalue weighted by atomic mass is 10.1. The number of ketones is 1. The van der Waals surface area contributed by atoms with Gasteiger partial charge in [-0.05, 0) is 28.1 Å². The summed E-state index contributed by atoms with van der Waals surface area (Å²) in [6.45, 7) is 0. The lowest BCUT2D eigenvalue weighted by molar-refractivity contribution is 0.0994. The molecule has 0 amide bonds. The molecule has 2 nitrogen and oxygen atoms in total. The first-order chi connectivity index (χ1) is 7.66. The smallest absolute Gasteiger partial charge is 0.168 e. The number of aromatic nitrogens is 1. The minimum atomic E-state index is 0.0543. The van der Waals surface area contributed by atoms with Crippen LogP contribution in [0, 0.1) is 0 Å². The Morgan fingerprint density at radius 1 is 1.50 bits per heavy atom. The topological polar surface area (TPSA) is 30.0 Å². The molecule has 0 bridgehead atoms. The van der Waals surface area contributed by atoms with Crippen molar-refractivity contribution in [1.29, 1.82) is 0 Å². The van der Waals surface area contributed by atoms with E-state index in [0.717, 1.165) is 9.35 Å². The van der Waals surface area contributed by atoms with Crippen molar-refractivity contribution in [2.45, 2.75) is 6.42 Å². The van der Waals surface area contributed by atoms with Gasteiger partial charge in [-0.3, -0.25) is 9.78 Å². The van der Waals surface area contributed by atoms with Crippen molar-refractivity contribution in [3.63, 3.8) is 0 Å². The SMILES string of the molecule is O=C(Cc1cncs1)c1ccc(Br)c(Cl)c1. The van der Waals surface area contributed by atoms with E-state index in [1.165, 1.54) is 11.3 Å². The summed E-state index contributed by atoms with van der Waals surface area (Å²) in [5, 5.41) is 0.551. The molecule has 82 valence electrons. The second kappa shape index (κ2) is 5.08. The van der Waals surface area contributed by atoms with Crippen molar-refractivity contribution in [2.24, 2.45) is 0 Å². The van der Waals surface area contributed by atoms with Crippen LogP contribution >= 0.6 is 38.9 Å². The Kier molecular flexibility index (Phi) is 3.74. The Labute approximate surface area is 110 Å². The molecule has 2 aromatic rings. The standard InChI is InChI=1S/C11H7BrClNOS/c12-9-2-1-7(3-10(9)13)11(15)4-8-5-14-6-16-8/h1-3,5-6H,4H2. The van der Waals surface area contributed by atoms with Crippen LogP contribution in [0.5, 0.6) is 0 Å². The average molecular weight is 317 g/mol. The van der Waals surface area contributed by atoms with Gasteiger partial charge in [-0.15, -0.1) is 11.3 Å². The summed E-state index contributed by atoms with van der Waals surface area (Å²) in [6.07, 6.45) is 2.09. The number of carbonyl (C=O) groups excluding carboxylic acids is 1. The molecule has 0 spiro atoms. The largest absolute Gasteiger partial charge is 0.294 e. The second-order valence-corrected chi connectivity index (χ2v) is 5.43. The van der Waals surface area contributed by atoms with Crippen LogP contribution in [0.15, 0.2) is 34.4 Å². The van der Waals surface area contributed by atoms with Crippen LogP contribution in [0.2, 0.25) is 5.02 Å². The van der Waals surface area contributed by atoms with Crippen molar-refractivity contribution in [2.75, 3.05) is 0 Å². The van der Waals surface area contributed by atoms with Crippen molar-refractivity contribution in [1.82, 2.24) is 4.98 Å². The van der Waals surface area contributed by atoms with Gasteiger partial charge >= 0.3 is 0 Å². The first-order valence-corrected chi connectivity index (χ1v) is 6.57. The molecule has 0 radical (unpaired) electrons. The van der Waals surface area contributed by atoms with Crippen LogP contribution in [0.25, 0.3) is 0 Å². The van der Waals surface area contributed by atoms with E-state index in [1.54, 1.807) is 29.9 Å². The zero-order valence-electron chi connectivity index (χ0n) is 8.11. The highest BCUT2D eigenvalue weighted by atomic mass is 79.9. The minimum Gasteiger partial charge on any atom is -0.294 e. The fourth-order valence-corrected chi connectivity index (χ4v) is 2.28. The highest BCUT2D eigenvalue weighted by molar-refractivity contribution is 9.10. The minimum absolute atomic E-state index is 0.0543. The van der Waals surface area contributed by atoms with Gasteiger partial charge in [-0.2, -0.15) is 0 Å². The molecule has 5 heteroatoms. The Morgan fingerprint density at radius 2 is 2.31 bits per heavy atom. The maximum absolute atomic E-state index is 11.9. The van der Waals surface area contributed by atoms with Crippen LogP contribution in [-0.4, -0.2) is 10.8 Å². The number of rotatable bonds is 3. The molecule has 1 aromatic carbocycles. The third kappa shape index (κ3) is 2.70. The Balaban J connectivity index is 2.18. The van der Waals surface area contributed by atoms with Gasteiger partial charge in [0.05, 0.1) is 10.5 Å². The van der Waals surface area contributed by atoms with Gasteiger partial charge in [-0.1, -0.05) is 17.7 Å². The number of halogens is 2. The number of benzene rings is 1. The highest BCUT2D eigenvalue weighted by Gasteiger charge is 2.09. The molecule has 0 aliphatic carbocycles. The van der Waals surface area contributed by atoms with Gasteiger partial charge in [0.1, 0.15) is 0 Å². The Bertz CT molecular complexity index is 513. The number of nitrogens with zero attached hydrogens (tertiary/aromatic N) is 1. The molecule has 1 heterocycles. The maximum atomic E-state index is 11.9. The van der Waals surface area contributed by atoms with E-state index in [4.69, 9.17) is 11.6 Å². The molecule has 0 unspecified atom stereocenters. The van der Waals surface area contributed by atoms with Crippen molar-refractivity contribution in [3.05, 3.63) is 49.8 Å². The van der Waals surface area contributed by atoms with Crippen molar-refractivity contribution in [3.8, 4) is 0 Å². The van der Waals surface area contributed by atoms with E-state index in [2.05, 4.69) is 20.9 Å². The highest BCUT2D eigenvalue weighted by Crippen LogP contribution is 2.24. The van der Waals surface area contributed by atoms with Crippen LogP contribution in [-0.2, 0) is 6.42 Å². The summed E-state index contributed by atoms with van der Waals surface area (Å²) in [5.74, 6) is 0.0543. The van der Waals surface area contributed by atoms with Gasteiger partial charge in [0.2, 0.25) is 0 Å². The van der Waals surface area contributed by atoms with E-state index in [-0.39, 0.29) is 5.78 Å². The van der Waals surface area contributed by atoms with E-state index in [0.29, 0.717) is 17.0 Å². The number of hydrogen-bond acceptors (Lipinski definition) is 3. The van der Waals surface area contributed by atoms with Crippen molar-refractivity contribution < 1.29 is 4.79 Å². The zero-order chi connectivity index (χ0) is 11.5. The van der Waals surface area contributed by atoms with Crippen LogP contribution in [0.1, 0.15) is 15.2 Å². The maximum Gasteiger partial charge on any atom is 0.168 e. The molecule has 2 rings (SSSR count). The van der Waals surface area contributed by atoms with Gasteiger partial charge < -0.3 is 0 Å². The molecule has 0 aliphatic rings. The molecule has 16 heavy (non-hydrogen) atoms. The van der Waals surface area contributed by atoms with Crippen molar-refractivity contribution >= 4 is 44.7 Å². The van der Waals surface area contributed by atoms with E-state index in [9.17, 15) is 4.79 Å². The lowest BCUT2D eigenvalue weighted by Crippen LogP contribution is -2.02. The van der Waals surface area contributed by atoms with E-state index >= 15 is 0 Å². The van der Waals surface area contributed by atoms with Crippen LogP contribution in [0.4, 0.5) is 0 Å². The van der Waals surface area contributed by atoms with Gasteiger partial charge in [0, 0.05) is 27.5 Å². The van der Waals surface area contributed by atoms with E-state index < -0.39 is 0 Å². The zero-order valence-corrected chi connectivity index (χ0v) is 11.3. The summed E-state index contributed by atoms with van der Waals surface area (Å²) >= 11 is 10.7. The summed E-state index contributed by atoms with van der Waals surface area (Å²) in [4.78, 5) is 16.8. The second-order valence-electron chi connectivity index (χ2n) is 3.20. The third-order valence-corrected chi connectivity index (χ3v) is 4.07. The summed E-state index contributed by atoms with van der Waals surface area (Å²) in [7, 11) is 0. The summed E-state index contributed by atoms with van der Waals surface area (Å²) in [5.41, 5.74) is 2.35. The molecule has 1 aromatic heterocycles. The van der Waals surface area contributed by atoms with Gasteiger partial charge in [0.15, 0.2) is 5.78 Å². The van der Waals surface area contributed by atoms with Gasteiger partial charge in [0.25, 0.3) is 0 Å². The van der Waals surface area contributed by atoms with Crippen LogP contribution in [0.3, 0.4) is 0 Å². The number of hydrogen-bond donors (Lipinski definition) is 0. The van der Waals surface area contributed by atoms with Crippen LogP contribution < -0.4 is 0 Å². The molecule has 0 fully saturated rings. The molecule has 0 saturated heterocycles. The molecular weight excluding hydrogens is 310 g/mol. The monoisotopic (exact) mass is 315 g/mol. The number of carbonyl (C=O) groups is 1. The lowest BCUT2D eigenvalue weighted by Gasteiger charge is -2.01. The fourth-order valence-electron chi connectivity index (χ4n) is 1.26. The predicted molar refractivity (Wildman–Crippen MR) is 69.3 cm³/mol. The Morgan fingerprint density at radius 3 is 2.94 bits per heavy atom. The quantitative estimate of drug-likeness (QED) is 0.802. The first kappa shape index (κ1) is 11.8. The third-order valence-electron chi connectivity index (χ3n) is 2.06. The Hall–Kier alpha value is -0.710. The normalized spacial score (nSPS) is 10.4. The van der Waals surface area contributed by atoms with Gasteiger partial charge in [-0.25, -0.2) is 0 Å². The molecule has 0 N–H and O–H groups in total. The average Bonchev–Trinajstić information content (AvgIpc) is 2.74. The molecular formula is C11H7BrClNOS. The number of thiazole rings is 1. The summed E-state index contributed by atoms with van der Waals surface area (Å²) < 4.78 is 0.795. The first-order valence-electron chi connectivity index (χ1n) is 4.52. The molecule has 0 saturated carbocycles.